The number of alkyl halides is 1. The van der Waals surface area contributed by atoms with Crippen LogP contribution in [-0.2, 0) is 13.6 Å². The molecule has 1 fully saturated rings. The summed E-state index contributed by atoms with van der Waals surface area (Å²) in [5, 5.41) is 3.15. The minimum atomic E-state index is -3.53. The Morgan fingerprint density at radius 3 is 2.15 bits per heavy atom. The fourth-order valence-corrected chi connectivity index (χ4v) is 11.3. The van der Waals surface area contributed by atoms with E-state index in [1.165, 1.54) is 10.9 Å². The molecule has 2 aromatic heterocycles. The lowest BCUT2D eigenvalue weighted by molar-refractivity contribution is -0.0485. The van der Waals surface area contributed by atoms with Gasteiger partial charge in [0.25, 0.3) is 5.56 Å². The monoisotopic (exact) mass is 695 g/mol. The van der Waals surface area contributed by atoms with Crippen LogP contribution in [0.5, 0.6) is 0 Å². The standard InChI is InChI=1S/C32H58FN5O5Si3/c1-20(2)17-34-31-36-28-26(29(39)37-31)35-19-38(28)30-32(33,15-16-44(11,12)13)27(43-46(40,23(7)8)24(9)10)25(42-30)18-41-45(14,21(3)4)22(5)6/h19-25,27,30,40H,17-18H2,1-14H3,(H2,34,36,37,39)/t25-,27+,30-,32?/m1/s1. The molecule has 0 spiro atoms. The van der Waals surface area contributed by atoms with Crippen LogP contribution in [0.2, 0.25) is 48.4 Å². The summed E-state index contributed by atoms with van der Waals surface area (Å²) in [5.41, 5.74) is 0.734. The Bertz CT molecular complexity index is 1450. The number of anilines is 1. The number of aromatic nitrogens is 4. The Hall–Kier alpha value is -1.87. The molecule has 3 rings (SSSR count). The molecular formula is C32H58FN5O5Si3. The fraction of sp³-hybridized carbons (Fsp3) is 0.781. The van der Waals surface area contributed by atoms with E-state index in [-0.39, 0.29) is 34.8 Å². The van der Waals surface area contributed by atoms with Crippen molar-refractivity contribution in [2.45, 2.75) is 142 Å². The van der Waals surface area contributed by atoms with Crippen molar-refractivity contribution in [2.24, 2.45) is 5.92 Å². The zero-order valence-electron chi connectivity index (χ0n) is 30.4. The molecule has 2 aromatic rings. The first-order valence-electron chi connectivity index (χ1n) is 16.7. The lowest BCUT2D eigenvalue weighted by atomic mass is 9.97. The van der Waals surface area contributed by atoms with Crippen LogP contribution in [0.3, 0.4) is 0 Å². The highest BCUT2D eigenvalue weighted by molar-refractivity contribution is 6.83. The lowest BCUT2D eigenvalue weighted by Crippen LogP contribution is -2.56. The van der Waals surface area contributed by atoms with Crippen LogP contribution < -0.4 is 10.9 Å². The van der Waals surface area contributed by atoms with E-state index in [0.717, 1.165) is 0 Å². The maximum Gasteiger partial charge on any atom is 0.341 e. The first kappa shape index (κ1) is 38.6. The van der Waals surface area contributed by atoms with Gasteiger partial charge in [0.05, 0.1) is 12.9 Å². The minimum absolute atomic E-state index is 0.0613. The second kappa shape index (κ2) is 14.3. The zero-order chi connectivity index (χ0) is 35.0. The van der Waals surface area contributed by atoms with E-state index in [2.05, 4.69) is 66.0 Å². The molecule has 0 bridgehead atoms. The number of nitrogens with zero attached hydrogens (tertiary/aromatic N) is 3. The molecule has 0 amide bonds. The molecule has 1 aliphatic rings. The second-order valence-corrected chi connectivity index (χ2v) is 29.5. The fourth-order valence-electron chi connectivity index (χ4n) is 5.61. The normalized spacial score (nSPS) is 22.9. The number of fused-ring (bicyclic) bond motifs is 1. The molecule has 4 atom stereocenters. The number of ether oxygens (including phenoxy) is 1. The second-order valence-electron chi connectivity index (χ2n) is 15.7. The van der Waals surface area contributed by atoms with Gasteiger partial charge in [0, 0.05) is 6.54 Å². The zero-order valence-corrected chi connectivity index (χ0v) is 33.4. The third-order valence-electron chi connectivity index (χ3n) is 9.23. The van der Waals surface area contributed by atoms with Gasteiger partial charge >= 0.3 is 8.56 Å². The summed E-state index contributed by atoms with van der Waals surface area (Å²) in [4.78, 5) is 36.8. The van der Waals surface area contributed by atoms with Gasteiger partial charge in [-0.15, -0.1) is 5.54 Å². The minimum Gasteiger partial charge on any atom is -0.414 e. The molecule has 0 aliphatic carbocycles. The van der Waals surface area contributed by atoms with Crippen molar-refractivity contribution in [1.82, 2.24) is 19.5 Å². The summed E-state index contributed by atoms with van der Waals surface area (Å²) in [6.07, 6.45) is -2.15. The molecule has 260 valence electrons. The highest BCUT2D eigenvalue weighted by atomic mass is 28.4. The molecule has 10 nitrogen and oxygen atoms in total. The van der Waals surface area contributed by atoms with Crippen molar-refractivity contribution < 1.29 is 22.8 Å². The van der Waals surface area contributed by atoms with E-state index in [0.29, 0.717) is 23.5 Å². The number of hydrogen-bond donors (Lipinski definition) is 3. The molecule has 3 N–H and O–H groups in total. The van der Waals surface area contributed by atoms with Crippen molar-refractivity contribution in [1.29, 1.82) is 0 Å². The predicted molar refractivity (Wildman–Crippen MR) is 191 cm³/mol. The van der Waals surface area contributed by atoms with Gasteiger partial charge in [0.1, 0.15) is 20.3 Å². The van der Waals surface area contributed by atoms with E-state index in [9.17, 15) is 9.59 Å². The summed E-state index contributed by atoms with van der Waals surface area (Å²) in [7, 11) is -7.92. The largest absolute Gasteiger partial charge is 0.414 e. The molecule has 1 aliphatic heterocycles. The Morgan fingerprint density at radius 1 is 1.07 bits per heavy atom. The molecular weight excluding hydrogens is 638 g/mol. The molecule has 0 aromatic carbocycles. The maximum absolute atomic E-state index is 18.2. The Labute approximate surface area is 278 Å². The topological polar surface area (TPSA) is 124 Å². The number of H-pyrrole nitrogens is 1. The summed E-state index contributed by atoms with van der Waals surface area (Å²) in [6.45, 7) is 29.3. The highest BCUT2D eigenvalue weighted by Crippen LogP contribution is 2.47. The van der Waals surface area contributed by atoms with Crippen LogP contribution in [-0.4, -0.2) is 80.3 Å². The van der Waals surface area contributed by atoms with Crippen molar-refractivity contribution in [3.05, 3.63) is 16.7 Å². The number of hydrogen-bond acceptors (Lipinski definition) is 8. The van der Waals surface area contributed by atoms with Gasteiger partial charge in [-0.25, -0.2) is 9.37 Å². The van der Waals surface area contributed by atoms with Crippen LogP contribution >= 0.6 is 0 Å². The highest BCUT2D eigenvalue weighted by Gasteiger charge is 2.62. The predicted octanol–water partition coefficient (Wildman–Crippen LogP) is 6.73. The smallest absolute Gasteiger partial charge is 0.341 e. The first-order valence-corrected chi connectivity index (χ1v) is 24.8. The number of rotatable bonds is 13. The van der Waals surface area contributed by atoms with Gasteiger partial charge in [-0.3, -0.25) is 14.3 Å². The molecule has 14 heteroatoms. The molecule has 1 saturated heterocycles. The summed E-state index contributed by atoms with van der Waals surface area (Å²) in [6, 6.07) is 0. The Morgan fingerprint density at radius 2 is 1.65 bits per heavy atom. The number of halogens is 1. The summed E-state index contributed by atoms with van der Waals surface area (Å²) in [5.74, 6) is 3.54. The van der Waals surface area contributed by atoms with E-state index in [1.54, 1.807) is 0 Å². The van der Waals surface area contributed by atoms with Crippen molar-refractivity contribution >= 4 is 42.1 Å². The lowest BCUT2D eigenvalue weighted by Gasteiger charge is -2.40. The van der Waals surface area contributed by atoms with Crippen molar-refractivity contribution in [2.75, 3.05) is 18.5 Å². The molecule has 0 saturated carbocycles. The van der Waals surface area contributed by atoms with Crippen LogP contribution in [0.15, 0.2) is 11.1 Å². The average Bonchev–Trinajstić information content (AvgIpc) is 3.47. The van der Waals surface area contributed by atoms with Crippen LogP contribution in [0.4, 0.5) is 10.3 Å². The Balaban J connectivity index is 2.27. The SMILES string of the molecule is CC(C)CNc1nc2c(ncn2[C@@H]2O[C@H](CO[Si](C)(C(C)C)C(C)C)[C@H](O[Si](O)(C(C)C)C(C)C)C2(F)C#C[Si](C)(C)C)c(=O)[nH]1. The quantitative estimate of drug-likeness (QED) is 0.156. The van der Waals surface area contributed by atoms with E-state index >= 15 is 4.39 Å². The van der Waals surface area contributed by atoms with Gasteiger partial charge in [-0.1, -0.05) is 94.8 Å². The third kappa shape index (κ3) is 8.04. The number of aromatic amines is 1. The van der Waals surface area contributed by atoms with Crippen molar-refractivity contribution in [3.8, 4) is 11.5 Å². The van der Waals surface area contributed by atoms with Crippen molar-refractivity contribution in [3.63, 3.8) is 0 Å². The average molecular weight is 696 g/mol. The van der Waals surface area contributed by atoms with Gasteiger partial charge in [-0.2, -0.15) is 4.98 Å². The van der Waals surface area contributed by atoms with Gasteiger partial charge in [0.15, 0.2) is 25.7 Å². The molecule has 0 radical (unpaired) electrons. The number of imidazole rings is 1. The first-order chi connectivity index (χ1) is 21.1. The molecule has 3 heterocycles. The summed E-state index contributed by atoms with van der Waals surface area (Å²) < 4.78 is 39.7. The van der Waals surface area contributed by atoms with Gasteiger partial charge < -0.3 is 23.7 Å². The summed E-state index contributed by atoms with van der Waals surface area (Å²) >= 11 is 0. The van der Waals surface area contributed by atoms with E-state index in [1.807, 2.05) is 61.2 Å². The molecule has 46 heavy (non-hydrogen) atoms. The van der Waals surface area contributed by atoms with Crippen LogP contribution in [0.25, 0.3) is 11.2 Å². The van der Waals surface area contributed by atoms with E-state index < -0.39 is 54.6 Å². The maximum atomic E-state index is 18.2. The van der Waals surface area contributed by atoms with Crippen LogP contribution in [0, 0.1) is 17.4 Å². The van der Waals surface area contributed by atoms with Gasteiger partial charge in [0.2, 0.25) is 11.6 Å². The van der Waals surface area contributed by atoms with E-state index in [4.69, 9.17) is 13.6 Å². The Kier molecular flexibility index (Phi) is 12.0. The third-order valence-corrected chi connectivity index (χ3v) is 19.4. The number of nitrogens with one attached hydrogen (secondary N) is 2. The van der Waals surface area contributed by atoms with Crippen LogP contribution in [0.1, 0.15) is 75.5 Å². The van der Waals surface area contributed by atoms with Gasteiger partial charge in [-0.05, 0) is 34.6 Å². The molecule has 1 unspecified atom stereocenters.